The maximum atomic E-state index is 12.3. The van der Waals surface area contributed by atoms with Crippen molar-refractivity contribution in [3.63, 3.8) is 0 Å². The minimum atomic E-state index is 0.0175. The van der Waals surface area contributed by atoms with E-state index >= 15 is 0 Å². The van der Waals surface area contributed by atoms with E-state index in [1.807, 2.05) is 29.2 Å². The first-order valence-corrected chi connectivity index (χ1v) is 8.41. The number of ether oxygens (including phenoxy) is 2. The fourth-order valence-corrected chi connectivity index (χ4v) is 2.90. The Morgan fingerprint density at radius 2 is 1.88 bits per heavy atom. The number of pyridine rings is 1. The molecule has 1 aliphatic rings. The molecule has 3 rings (SSSR count). The number of carbonyl (C=O) groups is 1. The lowest BCUT2D eigenvalue weighted by Gasteiger charge is -2.15. The quantitative estimate of drug-likeness (QED) is 0.875. The van der Waals surface area contributed by atoms with Crippen molar-refractivity contribution in [3.05, 3.63) is 47.8 Å². The molecule has 0 saturated carbocycles. The van der Waals surface area contributed by atoms with E-state index in [4.69, 9.17) is 9.47 Å². The van der Waals surface area contributed by atoms with Gasteiger partial charge >= 0.3 is 0 Å². The third kappa shape index (κ3) is 4.02. The maximum absolute atomic E-state index is 12.3. The van der Waals surface area contributed by atoms with Gasteiger partial charge in [0.1, 0.15) is 5.69 Å². The average molecular weight is 341 g/mol. The van der Waals surface area contributed by atoms with Crippen LogP contribution in [0, 0.1) is 0 Å². The van der Waals surface area contributed by atoms with Gasteiger partial charge in [-0.25, -0.2) is 4.98 Å². The zero-order valence-corrected chi connectivity index (χ0v) is 14.6. The van der Waals surface area contributed by atoms with Gasteiger partial charge in [0.05, 0.1) is 26.1 Å². The monoisotopic (exact) mass is 341 g/mol. The topological polar surface area (TPSA) is 63.7 Å². The summed E-state index contributed by atoms with van der Waals surface area (Å²) in [6.07, 6.45) is 3.86. The maximum Gasteiger partial charge on any atom is 0.272 e. The van der Waals surface area contributed by atoms with Crippen LogP contribution >= 0.6 is 0 Å². The van der Waals surface area contributed by atoms with Gasteiger partial charge in [-0.15, -0.1) is 0 Å². The van der Waals surface area contributed by atoms with E-state index in [0.29, 0.717) is 23.7 Å². The molecule has 2 aromatic rings. The Balaban J connectivity index is 1.61. The van der Waals surface area contributed by atoms with E-state index in [-0.39, 0.29) is 5.91 Å². The molecule has 1 aromatic heterocycles. The summed E-state index contributed by atoms with van der Waals surface area (Å²) in [5.41, 5.74) is 2.43. The molecule has 0 unspecified atom stereocenters. The summed E-state index contributed by atoms with van der Waals surface area (Å²) in [4.78, 5) is 18.4. The summed E-state index contributed by atoms with van der Waals surface area (Å²) in [5.74, 6) is 1.42. The van der Waals surface area contributed by atoms with Crippen LogP contribution < -0.4 is 14.8 Å². The number of aromatic nitrogens is 1. The molecule has 1 aromatic carbocycles. The minimum absolute atomic E-state index is 0.0175. The lowest BCUT2D eigenvalue weighted by atomic mass is 10.2. The van der Waals surface area contributed by atoms with Crippen LogP contribution in [0.4, 0.5) is 5.69 Å². The smallest absolute Gasteiger partial charge is 0.272 e. The molecular weight excluding hydrogens is 318 g/mol. The molecule has 0 spiro atoms. The van der Waals surface area contributed by atoms with Crippen LogP contribution in [0.1, 0.15) is 28.9 Å². The molecule has 1 fully saturated rings. The van der Waals surface area contributed by atoms with Crippen LogP contribution in [0.15, 0.2) is 36.5 Å². The number of likely N-dealkylation sites (tertiary alicyclic amines) is 1. The third-order valence-electron chi connectivity index (χ3n) is 4.32. The number of hydrogen-bond acceptors (Lipinski definition) is 5. The highest BCUT2D eigenvalue weighted by molar-refractivity contribution is 5.92. The van der Waals surface area contributed by atoms with Crippen molar-refractivity contribution in [2.75, 3.05) is 32.6 Å². The summed E-state index contributed by atoms with van der Waals surface area (Å²) < 4.78 is 10.6. The van der Waals surface area contributed by atoms with Crippen molar-refractivity contribution < 1.29 is 14.3 Å². The Labute approximate surface area is 147 Å². The van der Waals surface area contributed by atoms with E-state index < -0.39 is 0 Å². The standard InChI is InChI=1S/C19H23N3O3/c1-24-17-8-5-14(11-18(17)25-2)12-20-15-6-7-16(21-13-15)19(23)22-9-3-4-10-22/h5-8,11,13,20H,3-4,9-10,12H2,1-2H3. The molecule has 1 amide bonds. The van der Waals surface area contributed by atoms with Crippen molar-refractivity contribution in [2.45, 2.75) is 19.4 Å². The minimum Gasteiger partial charge on any atom is -0.493 e. The lowest BCUT2D eigenvalue weighted by molar-refractivity contribution is 0.0787. The van der Waals surface area contributed by atoms with Crippen molar-refractivity contribution in [2.24, 2.45) is 0 Å². The van der Waals surface area contributed by atoms with Crippen molar-refractivity contribution in [1.29, 1.82) is 0 Å². The Morgan fingerprint density at radius 1 is 1.12 bits per heavy atom. The Kier molecular flexibility index (Phi) is 5.38. The largest absolute Gasteiger partial charge is 0.493 e. The fourth-order valence-electron chi connectivity index (χ4n) is 2.90. The van der Waals surface area contributed by atoms with Crippen molar-refractivity contribution >= 4 is 11.6 Å². The van der Waals surface area contributed by atoms with Crippen LogP contribution in [0.2, 0.25) is 0 Å². The lowest BCUT2D eigenvalue weighted by Crippen LogP contribution is -2.28. The van der Waals surface area contributed by atoms with E-state index in [9.17, 15) is 4.79 Å². The SMILES string of the molecule is COc1ccc(CNc2ccc(C(=O)N3CCCC3)nc2)cc1OC. The summed E-state index contributed by atoms with van der Waals surface area (Å²) >= 11 is 0. The van der Waals surface area contributed by atoms with Gasteiger partial charge in [-0.3, -0.25) is 4.79 Å². The van der Waals surface area contributed by atoms with Crippen LogP contribution in [-0.2, 0) is 6.54 Å². The van der Waals surface area contributed by atoms with Crippen molar-refractivity contribution in [1.82, 2.24) is 9.88 Å². The Hall–Kier alpha value is -2.76. The van der Waals surface area contributed by atoms with Gasteiger partial charge in [-0.05, 0) is 42.7 Å². The molecule has 2 heterocycles. The number of benzene rings is 1. The number of methoxy groups -OCH3 is 2. The number of amides is 1. The number of carbonyl (C=O) groups excluding carboxylic acids is 1. The van der Waals surface area contributed by atoms with Crippen LogP contribution in [0.3, 0.4) is 0 Å². The first-order chi connectivity index (χ1) is 12.2. The second-order valence-corrected chi connectivity index (χ2v) is 5.97. The molecule has 1 aliphatic heterocycles. The van der Waals surface area contributed by atoms with E-state index in [1.54, 1.807) is 26.5 Å². The van der Waals surface area contributed by atoms with Gasteiger partial charge in [0.25, 0.3) is 5.91 Å². The number of rotatable bonds is 6. The molecule has 6 heteroatoms. The Morgan fingerprint density at radius 3 is 2.52 bits per heavy atom. The zero-order valence-electron chi connectivity index (χ0n) is 14.6. The van der Waals surface area contributed by atoms with Gasteiger partial charge < -0.3 is 19.7 Å². The third-order valence-corrected chi connectivity index (χ3v) is 4.32. The summed E-state index contributed by atoms with van der Waals surface area (Å²) in [5, 5.41) is 3.30. The molecule has 0 bridgehead atoms. The molecule has 0 radical (unpaired) electrons. The zero-order chi connectivity index (χ0) is 17.6. The Bertz CT molecular complexity index is 725. The summed E-state index contributed by atoms with van der Waals surface area (Å²) in [7, 11) is 3.24. The van der Waals surface area contributed by atoms with Gasteiger partial charge in [0, 0.05) is 19.6 Å². The summed E-state index contributed by atoms with van der Waals surface area (Å²) in [6.45, 7) is 2.29. The highest BCUT2D eigenvalue weighted by Gasteiger charge is 2.20. The van der Waals surface area contributed by atoms with Gasteiger partial charge in [0.15, 0.2) is 11.5 Å². The van der Waals surface area contributed by atoms with Crippen LogP contribution in [-0.4, -0.2) is 43.1 Å². The van der Waals surface area contributed by atoms with Crippen LogP contribution in [0.25, 0.3) is 0 Å². The normalized spacial score (nSPS) is 13.6. The van der Waals surface area contributed by atoms with E-state index in [0.717, 1.165) is 37.2 Å². The highest BCUT2D eigenvalue weighted by atomic mass is 16.5. The van der Waals surface area contributed by atoms with Gasteiger partial charge in [0.2, 0.25) is 0 Å². The first-order valence-electron chi connectivity index (χ1n) is 8.41. The molecule has 6 nitrogen and oxygen atoms in total. The first kappa shape index (κ1) is 17.1. The van der Waals surface area contributed by atoms with Crippen LogP contribution in [0.5, 0.6) is 11.5 Å². The van der Waals surface area contributed by atoms with Crippen molar-refractivity contribution in [3.8, 4) is 11.5 Å². The second-order valence-electron chi connectivity index (χ2n) is 5.97. The van der Waals surface area contributed by atoms with Gasteiger partial charge in [-0.1, -0.05) is 6.07 Å². The summed E-state index contributed by atoms with van der Waals surface area (Å²) in [6, 6.07) is 9.46. The van der Waals surface area contributed by atoms with E-state index in [1.165, 1.54) is 0 Å². The predicted octanol–water partition coefficient (Wildman–Crippen LogP) is 2.95. The number of nitrogens with zero attached hydrogens (tertiary/aromatic N) is 2. The molecular formula is C19H23N3O3. The molecule has 0 atom stereocenters. The fraction of sp³-hybridized carbons (Fsp3) is 0.368. The number of nitrogens with one attached hydrogen (secondary N) is 1. The van der Waals surface area contributed by atoms with Gasteiger partial charge in [-0.2, -0.15) is 0 Å². The molecule has 132 valence electrons. The van der Waals surface area contributed by atoms with E-state index in [2.05, 4.69) is 10.3 Å². The number of hydrogen-bond donors (Lipinski definition) is 1. The number of anilines is 1. The predicted molar refractivity (Wildman–Crippen MR) is 96.2 cm³/mol. The molecule has 1 saturated heterocycles. The highest BCUT2D eigenvalue weighted by Crippen LogP contribution is 2.27. The molecule has 1 N–H and O–H groups in total. The average Bonchev–Trinajstić information content (AvgIpc) is 3.20. The molecule has 0 aliphatic carbocycles. The molecule has 25 heavy (non-hydrogen) atoms. The second kappa shape index (κ2) is 7.88.